The summed E-state index contributed by atoms with van der Waals surface area (Å²) in [7, 11) is 1.60. The minimum atomic E-state index is -0.359. The van der Waals surface area contributed by atoms with E-state index in [4.69, 9.17) is 8.94 Å². The van der Waals surface area contributed by atoms with Gasteiger partial charge in [-0.2, -0.15) is 0 Å². The van der Waals surface area contributed by atoms with Gasteiger partial charge in [-0.15, -0.1) is 0 Å². The Kier molecular flexibility index (Phi) is 3.85. The molecule has 0 saturated carbocycles. The molecule has 0 aliphatic rings. The van der Waals surface area contributed by atoms with Gasteiger partial charge in [0.05, 0.1) is 23.7 Å². The normalized spacial score (nSPS) is 11.0. The molecule has 0 spiro atoms. The summed E-state index contributed by atoms with van der Waals surface area (Å²) in [5.74, 6) is 0.880. The monoisotopic (exact) mass is 350 g/mol. The number of rotatable bonds is 4. The molecule has 0 unspecified atom stereocenters. The number of aromatic amines is 1. The molecule has 3 heterocycles. The molecule has 26 heavy (non-hydrogen) atoms. The molecule has 0 bridgehead atoms. The number of hydrogen-bond acceptors (Lipinski definition) is 6. The lowest BCUT2D eigenvalue weighted by molar-refractivity contribution is 0.0771. The smallest absolute Gasteiger partial charge is 0.276 e. The number of benzene rings is 1. The Morgan fingerprint density at radius 2 is 2.04 bits per heavy atom. The molecule has 0 fully saturated rings. The van der Waals surface area contributed by atoms with Crippen LogP contribution in [0.15, 0.2) is 62.5 Å². The van der Waals surface area contributed by atoms with Gasteiger partial charge in [0, 0.05) is 13.1 Å². The van der Waals surface area contributed by atoms with Crippen molar-refractivity contribution in [1.82, 2.24) is 20.0 Å². The highest BCUT2D eigenvalue weighted by molar-refractivity contribution is 5.92. The second-order valence-electron chi connectivity index (χ2n) is 5.74. The van der Waals surface area contributed by atoms with E-state index in [-0.39, 0.29) is 23.7 Å². The van der Waals surface area contributed by atoms with Crippen LogP contribution in [-0.4, -0.2) is 33.0 Å². The topological polar surface area (TPSA) is 105 Å². The standard InChI is InChI=1S/C18H14N4O4/c1-22(10-16-19-12-6-3-2-5-11(12)17(23)20-16)18(24)13-9-15(26-21-13)14-7-4-8-25-14/h2-9H,10H2,1H3,(H,19,20,23). The predicted molar refractivity (Wildman–Crippen MR) is 92.4 cm³/mol. The molecule has 0 atom stereocenters. The lowest BCUT2D eigenvalue weighted by atomic mass is 10.2. The van der Waals surface area contributed by atoms with Gasteiger partial charge in [0.1, 0.15) is 5.82 Å². The summed E-state index contributed by atoms with van der Waals surface area (Å²) in [5, 5.41) is 4.29. The first-order valence-electron chi connectivity index (χ1n) is 7.86. The number of nitrogens with zero attached hydrogens (tertiary/aromatic N) is 3. The van der Waals surface area contributed by atoms with Gasteiger partial charge >= 0.3 is 0 Å². The molecular formula is C18H14N4O4. The predicted octanol–water partition coefficient (Wildman–Crippen LogP) is 2.44. The highest BCUT2D eigenvalue weighted by Crippen LogP contribution is 2.21. The van der Waals surface area contributed by atoms with Crippen molar-refractivity contribution in [3.63, 3.8) is 0 Å². The third kappa shape index (κ3) is 2.88. The third-order valence-electron chi connectivity index (χ3n) is 3.89. The Bertz CT molecular complexity index is 1130. The fraction of sp³-hybridized carbons (Fsp3) is 0.111. The number of nitrogens with one attached hydrogen (secondary N) is 1. The Morgan fingerprint density at radius 3 is 2.85 bits per heavy atom. The molecule has 3 aromatic heterocycles. The molecule has 0 saturated heterocycles. The minimum absolute atomic E-state index is 0.127. The van der Waals surface area contributed by atoms with E-state index in [0.29, 0.717) is 28.2 Å². The van der Waals surface area contributed by atoms with E-state index in [0.717, 1.165) is 0 Å². The lowest BCUT2D eigenvalue weighted by Gasteiger charge is -2.14. The number of amides is 1. The molecule has 1 amide bonds. The van der Waals surface area contributed by atoms with Crippen molar-refractivity contribution in [3.05, 3.63) is 70.6 Å². The third-order valence-corrected chi connectivity index (χ3v) is 3.89. The van der Waals surface area contributed by atoms with Crippen LogP contribution in [0.4, 0.5) is 0 Å². The van der Waals surface area contributed by atoms with E-state index < -0.39 is 0 Å². The zero-order valence-corrected chi connectivity index (χ0v) is 13.8. The van der Waals surface area contributed by atoms with Crippen molar-refractivity contribution in [2.75, 3.05) is 7.05 Å². The quantitative estimate of drug-likeness (QED) is 0.606. The number of H-pyrrole nitrogens is 1. The van der Waals surface area contributed by atoms with Gasteiger partial charge in [-0.05, 0) is 24.3 Å². The van der Waals surface area contributed by atoms with Crippen molar-refractivity contribution >= 4 is 16.8 Å². The van der Waals surface area contributed by atoms with Crippen molar-refractivity contribution in [2.24, 2.45) is 0 Å². The summed E-state index contributed by atoms with van der Waals surface area (Å²) < 4.78 is 10.4. The molecule has 8 heteroatoms. The van der Waals surface area contributed by atoms with Crippen molar-refractivity contribution in [3.8, 4) is 11.5 Å². The average Bonchev–Trinajstić information content (AvgIpc) is 3.32. The molecule has 130 valence electrons. The van der Waals surface area contributed by atoms with E-state index in [1.54, 1.807) is 43.4 Å². The Labute approximate surface area is 147 Å². The molecule has 1 N–H and O–H groups in total. The second-order valence-corrected chi connectivity index (χ2v) is 5.74. The van der Waals surface area contributed by atoms with Crippen LogP contribution in [0.25, 0.3) is 22.4 Å². The Morgan fingerprint density at radius 1 is 1.19 bits per heavy atom. The maximum Gasteiger partial charge on any atom is 0.276 e. The van der Waals surface area contributed by atoms with Crippen LogP contribution in [-0.2, 0) is 6.54 Å². The molecular weight excluding hydrogens is 336 g/mol. The average molecular weight is 350 g/mol. The van der Waals surface area contributed by atoms with E-state index in [9.17, 15) is 9.59 Å². The first kappa shape index (κ1) is 15.8. The zero-order valence-electron chi connectivity index (χ0n) is 13.8. The van der Waals surface area contributed by atoms with Gasteiger partial charge in [-0.1, -0.05) is 17.3 Å². The van der Waals surface area contributed by atoms with Gasteiger partial charge in [0.25, 0.3) is 11.5 Å². The van der Waals surface area contributed by atoms with Gasteiger partial charge in [0.2, 0.25) is 5.76 Å². The van der Waals surface area contributed by atoms with Crippen LogP contribution in [0.3, 0.4) is 0 Å². The number of carbonyl (C=O) groups is 1. The summed E-state index contributed by atoms with van der Waals surface area (Å²) in [6.07, 6.45) is 1.51. The first-order valence-corrected chi connectivity index (χ1v) is 7.86. The highest BCUT2D eigenvalue weighted by Gasteiger charge is 2.19. The number of hydrogen-bond donors (Lipinski definition) is 1. The van der Waals surface area contributed by atoms with Crippen molar-refractivity contribution < 1.29 is 13.7 Å². The van der Waals surface area contributed by atoms with Gasteiger partial charge < -0.3 is 18.8 Å². The van der Waals surface area contributed by atoms with Gasteiger partial charge in [-0.3, -0.25) is 9.59 Å². The zero-order chi connectivity index (χ0) is 18.1. The number of carbonyl (C=O) groups excluding carboxylic acids is 1. The molecule has 4 aromatic rings. The molecule has 0 aliphatic heterocycles. The molecule has 8 nitrogen and oxygen atoms in total. The maximum absolute atomic E-state index is 12.5. The number of aromatic nitrogens is 3. The summed E-state index contributed by atoms with van der Waals surface area (Å²) in [5.41, 5.74) is 0.476. The fourth-order valence-electron chi connectivity index (χ4n) is 2.61. The van der Waals surface area contributed by atoms with E-state index in [1.807, 2.05) is 0 Å². The van der Waals surface area contributed by atoms with Gasteiger partial charge in [-0.25, -0.2) is 4.98 Å². The number of fused-ring (bicyclic) bond motifs is 1. The summed E-state index contributed by atoms with van der Waals surface area (Å²) in [6.45, 7) is 0.127. The molecule has 1 aromatic carbocycles. The second kappa shape index (κ2) is 6.32. The lowest BCUT2D eigenvalue weighted by Crippen LogP contribution is -2.28. The molecule has 0 aliphatic carbocycles. The van der Waals surface area contributed by atoms with Crippen LogP contribution >= 0.6 is 0 Å². The van der Waals surface area contributed by atoms with Crippen LogP contribution in [0.1, 0.15) is 16.3 Å². The van der Waals surface area contributed by atoms with Crippen molar-refractivity contribution in [2.45, 2.75) is 6.54 Å². The summed E-state index contributed by atoms with van der Waals surface area (Å²) in [4.78, 5) is 33.1. The largest absolute Gasteiger partial charge is 0.461 e. The molecule has 4 rings (SSSR count). The van der Waals surface area contributed by atoms with E-state index in [2.05, 4.69) is 15.1 Å². The Hall–Kier alpha value is -3.68. The van der Waals surface area contributed by atoms with Crippen molar-refractivity contribution in [1.29, 1.82) is 0 Å². The summed E-state index contributed by atoms with van der Waals surface area (Å²) >= 11 is 0. The summed E-state index contributed by atoms with van der Waals surface area (Å²) in [6, 6.07) is 12.0. The fourth-order valence-corrected chi connectivity index (χ4v) is 2.61. The SMILES string of the molecule is CN(Cc1nc2ccccc2c(=O)[nH]1)C(=O)c1cc(-c2ccco2)on1. The maximum atomic E-state index is 12.5. The van der Waals surface area contributed by atoms with Crippen LogP contribution in [0.5, 0.6) is 0 Å². The minimum Gasteiger partial charge on any atom is -0.461 e. The van der Waals surface area contributed by atoms with E-state index in [1.165, 1.54) is 17.2 Å². The van der Waals surface area contributed by atoms with E-state index >= 15 is 0 Å². The molecule has 0 radical (unpaired) electrons. The van der Waals surface area contributed by atoms with Gasteiger partial charge in [0.15, 0.2) is 11.5 Å². The van der Waals surface area contributed by atoms with Crippen LogP contribution in [0, 0.1) is 0 Å². The van der Waals surface area contributed by atoms with Crippen LogP contribution in [0.2, 0.25) is 0 Å². The number of para-hydroxylation sites is 1. The highest BCUT2D eigenvalue weighted by atomic mass is 16.5. The number of furan rings is 1. The first-order chi connectivity index (χ1) is 12.6. The Balaban J connectivity index is 1.55. The van der Waals surface area contributed by atoms with Crippen LogP contribution < -0.4 is 5.56 Å².